The standard InChI is InChI=1S/C14H13Cl2N3O3S/c1-23(20,21)22-19-14(17)18-10-5-2-4-9(8-10)11-6-3-7-12(15)13(11)16/h2-8H,1H3,(H3,17,18,19). The Hall–Kier alpha value is -1.80. The second kappa shape index (κ2) is 7.18. The van der Waals surface area contributed by atoms with Crippen molar-refractivity contribution >= 4 is 45.0 Å². The van der Waals surface area contributed by atoms with Gasteiger partial charge in [-0.3, -0.25) is 0 Å². The van der Waals surface area contributed by atoms with Gasteiger partial charge in [-0.15, -0.1) is 4.28 Å². The first-order valence-corrected chi connectivity index (χ1v) is 8.86. The number of nitrogens with zero attached hydrogens (tertiary/aromatic N) is 1. The summed E-state index contributed by atoms with van der Waals surface area (Å²) in [6.07, 6.45) is 0.884. The molecule has 2 aromatic rings. The van der Waals surface area contributed by atoms with Gasteiger partial charge in [-0.2, -0.15) is 8.42 Å². The van der Waals surface area contributed by atoms with E-state index in [2.05, 4.69) is 9.28 Å². The molecule has 0 bridgehead atoms. The van der Waals surface area contributed by atoms with Gasteiger partial charge in [0.25, 0.3) is 10.1 Å². The van der Waals surface area contributed by atoms with E-state index >= 15 is 0 Å². The Morgan fingerprint density at radius 3 is 2.61 bits per heavy atom. The van der Waals surface area contributed by atoms with Crippen LogP contribution in [0.1, 0.15) is 0 Å². The average molecular weight is 374 g/mol. The van der Waals surface area contributed by atoms with Crippen LogP contribution in [0.25, 0.3) is 11.1 Å². The third kappa shape index (κ3) is 5.11. The number of halogens is 2. The van der Waals surface area contributed by atoms with Gasteiger partial charge < -0.3 is 5.73 Å². The largest absolute Gasteiger partial charge is 0.368 e. The molecule has 0 saturated heterocycles. The van der Waals surface area contributed by atoms with Gasteiger partial charge in [0.15, 0.2) is 0 Å². The first-order valence-electron chi connectivity index (χ1n) is 6.29. The van der Waals surface area contributed by atoms with Crippen molar-refractivity contribution in [1.82, 2.24) is 5.48 Å². The summed E-state index contributed by atoms with van der Waals surface area (Å²) in [5.41, 5.74) is 9.62. The highest BCUT2D eigenvalue weighted by Gasteiger charge is 2.08. The van der Waals surface area contributed by atoms with Crippen LogP contribution in [0.3, 0.4) is 0 Å². The van der Waals surface area contributed by atoms with Gasteiger partial charge in [-0.1, -0.05) is 47.5 Å². The molecule has 3 N–H and O–H groups in total. The maximum Gasteiger partial charge on any atom is 0.285 e. The van der Waals surface area contributed by atoms with Crippen molar-refractivity contribution in [1.29, 1.82) is 0 Å². The van der Waals surface area contributed by atoms with Crippen molar-refractivity contribution < 1.29 is 12.7 Å². The summed E-state index contributed by atoms with van der Waals surface area (Å²) in [4.78, 5) is 4.02. The lowest BCUT2D eigenvalue weighted by Gasteiger charge is -2.07. The van der Waals surface area contributed by atoms with Crippen LogP contribution in [0, 0.1) is 0 Å². The number of hydrogen-bond donors (Lipinski definition) is 2. The fraction of sp³-hybridized carbons (Fsp3) is 0.0714. The molecule has 0 spiro atoms. The molecule has 0 fully saturated rings. The maximum atomic E-state index is 10.9. The second-order valence-electron chi connectivity index (χ2n) is 4.54. The topological polar surface area (TPSA) is 93.8 Å². The Morgan fingerprint density at radius 2 is 1.91 bits per heavy atom. The Bertz CT molecular complexity index is 854. The summed E-state index contributed by atoms with van der Waals surface area (Å²) in [5, 5.41) is 0.877. The predicted molar refractivity (Wildman–Crippen MR) is 92.2 cm³/mol. The van der Waals surface area contributed by atoms with Gasteiger partial charge in [0.1, 0.15) is 0 Å². The van der Waals surface area contributed by atoms with E-state index in [1.165, 1.54) is 0 Å². The number of nitrogens with one attached hydrogen (secondary N) is 1. The van der Waals surface area contributed by atoms with Gasteiger partial charge >= 0.3 is 0 Å². The minimum atomic E-state index is -3.68. The highest BCUT2D eigenvalue weighted by Crippen LogP contribution is 2.34. The number of nitrogens with two attached hydrogens (primary N) is 1. The highest BCUT2D eigenvalue weighted by molar-refractivity contribution is 7.85. The Kier molecular flexibility index (Phi) is 5.48. The molecule has 122 valence electrons. The molecular weight excluding hydrogens is 361 g/mol. The van der Waals surface area contributed by atoms with E-state index in [1.807, 2.05) is 17.6 Å². The van der Waals surface area contributed by atoms with Crippen molar-refractivity contribution in [3.05, 3.63) is 52.5 Å². The van der Waals surface area contributed by atoms with Crippen LogP contribution in [-0.4, -0.2) is 20.6 Å². The average Bonchev–Trinajstić information content (AvgIpc) is 2.48. The number of rotatable bonds is 4. The van der Waals surface area contributed by atoms with Gasteiger partial charge in [0.2, 0.25) is 5.96 Å². The van der Waals surface area contributed by atoms with E-state index < -0.39 is 10.1 Å². The number of benzene rings is 2. The molecule has 0 aliphatic rings. The molecule has 0 unspecified atom stereocenters. The molecule has 2 rings (SSSR count). The summed E-state index contributed by atoms with van der Waals surface area (Å²) in [6, 6.07) is 12.3. The van der Waals surface area contributed by atoms with E-state index in [1.54, 1.807) is 30.3 Å². The molecule has 0 aliphatic carbocycles. The SMILES string of the molecule is CS(=O)(=O)ONC(N)=Nc1cccc(-c2cccc(Cl)c2Cl)c1. The van der Waals surface area contributed by atoms with Crippen LogP contribution in [0.5, 0.6) is 0 Å². The number of hydrogen-bond acceptors (Lipinski definition) is 4. The number of aliphatic imine (C=N–C) groups is 1. The zero-order chi connectivity index (χ0) is 17.0. The van der Waals surface area contributed by atoms with Crippen LogP contribution in [0.2, 0.25) is 10.0 Å². The summed E-state index contributed by atoms with van der Waals surface area (Å²) in [5.74, 6) is -0.204. The van der Waals surface area contributed by atoms with E-state index in [9.17, 15) is 8.42 Å². The van der Waals surface area contributed by atoms with Gasteiger partial charge in [0, 0.05) is 5.56 Å². The van der Waals surface area contributed by atoms with Crippen molar-refractivity contribution in [2.45, 2.75) is 0 Å². The molecule has 23 heavy (non-hydrogen) atoms. The third-order valence-corrected chi connectivity index (χ3v) is 3.86. The minimum Gasteiger partial charge on any atom is -0.368 e. The first-order chi connectivity index (χ1) is 10.8. The molecule has 0 heterocycles. The van der Waals surface area contributed by atoms with Crippen molar-refractivity contribution in [2.24, 2.45) is 10.7 Å². The Morgan fingerprint density at radius 1 is 1.22 bits per heavy atom. The molecule has 0 radical (unpaired) electrons. The summed E-state index contributed by atoms with van der Waals surface area (Å²) in [6.45, 7) is 0. The number of guanidine groups is 1. The second-order valence-corrected chi connectivity index (χ2v) is 6.90. The van der Waals surface area contributed by atoms with Crippen molar-refractivity contribution in [3.8, 4) is 11.1 Å². The molecule has 9 heteroatoms. The molecule has 0 aliphatic heterocycles. The molecule has 0 saturated carbocycles. The predicted octanol–water partition coefficient (Wildman–Crippen LogP) is 3.09. The van der Waals surface area contributed by atoms with Crippen molar-refractivity contribution in [2.75, 3.05) is 6.26 Å². The molecular formula is C14H13Cl2N3O3S. The molecule has 2 aromatic carbocycles. The van der Waals surface area contributed by atoms with E-state index in [4.69, 9.17) is 28.9 Å². The maximum absolute atomic E-state index is 10.9. The monoisotopic (exact) mass is 373 g/mol. The Balaban J connectivity index is 2.28. The fourth-order valence-corrected chi connectivity index (χ4v) is 2.40. The van der Waals surface area contributed by atoms with Crippen LogP contribution in [-0.2, 0) is 14.4 Å². The van der Waals surface area contributed by atoms with E-state index in [0.29, 0.717) is 15.7 Å². The van der Waals surface area contributed by atoms with Crippen molar-refractivity contribution in [3.63, 3.8) is 0 Å². The normalized spacial score (nSPS) is 12.2. The van der Waals surface area contributed by atoms with Crippen LogP contribution in [0.4, 0.5) is 5.69 Å². The fourth-order valence-electron chi connectivity index (χ4n) is 1.75. The summed E-state index contributed by atoms with van der Waals surface area (Å²) >= 11 is 12.2. The smallest absolute Gasteiger partial charge is 0.285 e. The minimum absolute atomic E-state index is 0.204. The molecule has 6 nitrogen and oxygen atoms in total. The van der Waals surface area contributed by atoms with Gasteiger partial charge in [-0.05, 0) is 23.8 Å². The molecule has 0 atom stereocenters. The van der Waals surface area contributed by atoms with Crippen LogP contribution < -0.4 is 11.2 Å². The van der Waals surface area contributed by atoms with Gasteiger partial charge in [-0.25, -0.2) is 10.5 Å². The van der Waals surface area contributed by atoms with E-state index in [0.717, 1.165) is 17.4 Å². The van der Waals surface area contributed by atoms with Crippen LogP contribution in [0.15, 0.2) is 47.5 Å². The Labute approximate surface area is 144 Å². The van der Waals surface area contributed by atoms with Gasteiger partial charge in [0.05, 0.1) is 22.0 Å². The first kappa shape index (κ1) is 17.6. The number of hydroxylamine groups is 1. The lowest BCUT2D eigenvalue weighted by Crippen LogP contribution is -2.33. The lowest BCUT2D eigenvalue weighted by atomic mass is 10.1. The quantitative estimate of drug-likeness (QED) is 0.487. The molecule has 0 amide bonds. The summed E-state index contributed by atoms with van der Waals surface area (Å²) in [7, 11) is -3.68. The zero-order valence-corrected chi connectivity index (χ0v) is 14.3. The zero-order valence-electron chi connectivity index (χ0n) is 12.0. The van der Waals surface area contributed by atoms with E-state index in [-0.39, 0.29) is 5.96 Å². The molecule has 0 aromatic heterocycles. The van der Waals surface area contributed by atoms with Crippen LogP contribution >= 0.6 is 23.2 Å². The summed E-state index contributed by atoms with van der Waals surface area (Å²) < 4.78 is 26.1. The third-order valence-electron chi connectivity index (χ3n) is 2.66. The lowest BCUT2D eigenvalue weighted by molar-refractivity contribution is 0.269. The highest BCUT2D eigenvalue weighted by atomic mass is 35.5.